The van der Waals surface area contributed by atoms with Crippen LogP contribution in [0, 0.1) is 6.92 Å². The highest BCUT2D eigenvalue weighted by Gasteiger charge is 2.25. The average molecular weight is 444 g/mol. The zero-order valence-corrected chi connectivity index (χ0v) is 17.9. The summed E-state index contributed by atoms with van der Waals surface area (Å²) < 4.78 is 23.8. The quantitative estimate of drug-likeness (QED) is 0.474. The maximum Gasteiger partial charge on any atom is 0.274 e. The number of anilines is 1. The van der Waals surface area contributed by atoms with Gasteiger partial charge in [0.05, 0.1) is 12.2 Å². The molecule has 2 aliphatic rings. The Bertz CT molecular complexity index is 1360. The van der Waals surface area contributed by atoms with Gasteiger partial charge in [0.25, 0.3) is 5.89 Å². The van der Waals surface area contributed by atoms with Gasteiger partial charge in [-0.15, -0.1) is 0 Å². The summed E-state index contributed by atoms with van der Waals surface area (Å²) in [5.74, 6) is 2.78. The van der Waals surface area contributed by atoms with Crippen LogP contribution >= 0.6 is 0 Å². The van der Waals surface area contributed by atoms with Gasteiger partial charge in [-0.25, -0.2) is 0 Å². The van der Waals surface area contributed by atoms with E-state index in [-0.39, 0.29) is 19.2 Å². The number of ether oxygens (including phenoxy) is 3. The third-order valence-electron chi connectivity index (χ3n) is 5.69. The molecule has 1 amide bonds. The summed E-state index contributed by atoms with van der Waals surface area (Å²) in [6.07, 6.45) is 1.83. The van der Waals surface area contributed by atoms with Crippen molar-refractivity contribution in [2.75, 3.05) is 24.8 Å². The predicted octanol–water partition coefficient (Wildman–Crippen LogP) is 3.67. The fraction of sp³-hybridized carbons (Fsp3) is 0.208. The Labute approximate surface area is 189 Å². The zero-order valence-electron chi connectivity index (χ0n) is 17.9. The Hall–Kier alpha value is -4.27. The number of benzene rings is 2. The highest BCUT2D eigenvalue weighted by Crippen LogP contribution is 2.36. The molecule has 2 aromatic heterocycles. The number of carbonyl (C=O) groups excluding carboxylic acids is 1. The van der Waals surface area contributed by atoms with E-state index >= 15 is 0 Å². The van der Waals surface area contributed by atoms with Crippen molar-refractivity contribution in [3.05, 3.63) is 60.3 Å². The van der Waals surface area contributed by atoms with Crippen LogP contribution in [0.5, 0.6) is 17.2 Å². The molecule has 33 heavy (non-hydrogen) atoms. The molecule has 9 nitrogen and oxygen atoms in total. The third-order valence-corrected chi connectivity index (χ3v) is 5.69. The van der Waals surface area contributed by atoms with Crippen molar-refractivity contribution in [1.82, 2.24) is 14.7 Å². The first-order valence-corrected chi connectivity index (χ1v) is 10.6. The molecule has 0 unspecified atom stereocenters. The van der Waals surface area contributed by atoms with Crippen LogP contribution in [0.15, 0.2) is 59.3 Å². The SMILES string of the molecule is Cc1ccc2c(c1)N(C(=O)Cn1cccc1-c1nc(-c3ccc4c(c3)OCO4)no1)CCO2. The van der Waals surface area contributed by atoms with Crippen molar-refractivity contribution in [3.63, 3.8) is 0 Å². The van der Waals surface area contributed by atoms with Crippen LogP contribution in [0.25, 0.3) is 23.0 Å². The highest BCUT2D eigenvalue weighted by atomic mass is 16.7. The number of carbonyl (C=O) groups is 1. The van der Waals surface area contributed by atoms with Gasteiger partial charge in [-0.05, 0) is 55.0 Å². The Morgan fingerprint density at radius 2 is 1.91 bits per heavy atom. The maximum atomic E-state index is 13.2. The van der Waals surface area contributed by atoms with E-state index in [1.807, 2.05) is 66.2 Å². The molecule has 0 fully saturated rings. The normalized spacial score (nSPS) is 14.2. The fourth-order valence-electron chi connectivity index (χ4n) is 4.04. The topological polar surface area (TPSA) is 91.9 Å². The van der Waals surface area contributed by atoms with Crippen molar-refractivity contribution in [3.8, 4) is 40.2 Å². The molecule has 2 aliphatic heterocycles. The van der Waals surface area contributed by atoms with E-state index in [0.29, 0.717) is 42.1 Å². The second kappa shape index (κ2) is 7.70. The lowest BCUT2D eigenvalue weighted by atomic mass is 10.1. The summed E-state index contributed by atoms with van der Waals surface area (Å²) in [5, 5.41) is 4.11. The standard InChI is InChI=1S/C24H20N4O5/c1-15-4-6-19-18(11-15)28(9-10-30-19)22(29)13-27-8-2-3-17(27)24-25-23(26-33-24)16-5-7-20-21(12-16)32-14-31-20/h2-8,11-12H,9-10,13-14H2,1H3. The molecular formula is C24H20N4O5. The summed E-state index contributed by atoms with van der Waals surface area (Å²) >= 11 is 0. The number of aryl methyl sites for hydroxylation is 1. The summed E-state index contributed by atoms with van der Waals surface area (Å²) in [4.78, 5) is 19.5. The summed E-state index contributed by atoms with van der Waals surface area (Å²) in [5.41, 5.74) is 3.28. The van der Waals surface area contributed by atoms with E-state index < -0.39 is 0 Å². The molecule has 0 spiro atoms. The molecule has 6 rings (SSSR count). The Kier molecular flexibility index (Phi) is 4.53. The summed E-state index contributed by atoms with van der Waals surface area (Å²) in [6, 6.07) is 15.0. The number of rotatable bonds is 4. The monoisotopic (exact) mass is 444 g/mol. The van der Waals surface area contributed by atoms with E-state index in [1.54, 1.807) is 4.90 Å². The number of hydrogen-bond acceptors (Lipinski definition) is 7. The number of amides is 1. The fourth-order valence-corrected chi connectivity index (χ4v) is 4.04. The molecule has 0 radical (unpaired) electrons. The molecule has 4 heterocycles. The molecule has 0 aliphatic carbocycles. The van der Waals surface area contributed by atoms with Gasteiger partial charge >= 0.3 is 0 Å². The lowest BCUT2D eigenvalue weighted by Crippen LogP contribution is -2.39. The third kappa shape index (κ3) is 3.47. The highest BCUT2D eigenvalue weighted by molar-refractivity contribution is 5.95. The molecule has 0 atom stereocenters. The Morgan fingerprint density at radius 3 is 2.85 bits per heavy atom. The summed E-state index contributed by atoms with van der Waals surface area (Å²) in [6.45, 7) is 3.29. The second-order valence-electron chi connectivity index (χ2n) is 7.88. The van der Waals surface area contributed by atoms with Gasteiger partial charge in [-0.2, -0.15) is 4.98 Å². The smallest absolute Gasteiger partial charge is 0.274 e. The van der Waals surface area contributed by atoms with Crippen molar-refractivity contribution in [2.24, 2.45) is 0 Å². The van der Waals surface area contributed by atoms with Gasteiger partial charge in [0.2, 0.25) is 18.5 Å². The van der Waals surface area contributed by atoms with E-state index in [0.717, 1.165) is 22.6 Å². The van der Waals surface area contributed by atoms with Crippen LogP contribution in [0.1, 0.15) is 5.56 Å². The largest absolute Gasteiger partial charge is 0.490 e. The van der Waals surface area contributed by atoms with E-state index in [4.69, 9.17) is 18.7 Å². The molecule has 0 saturated carbocycles. The van der Waals surface area contributed by atoms with Gasteiger partial charge < -0.3 is 28.2 Å². The lowest BCUT2D eigenvalue weighted by Gasteiger charge is -2.30. The minimum Gasteiger partial charge on any atom is -0.490 e. The molecule has 166 valence electrons. The summed E-state index contributed by atoms with van der Waals surface area (Å²) in [7, 11) is 0. The minimum absolute atomic E-state index is 0.0434. The van der Waals surface area contributed by atoms with E-state index in [2.05, 4.69) is 10.1 Å². The van der Waals surface area contributed by atoms with Gasteiger partial charge in [0.15, 0.2) is 11.5 Å². The molecule has 9 heteroatoms. The Balaban J connectivity index is 1.25. The van der Waals surface area contributed by atoms with Crippen molar-refractivity contribution in [1.29, 1.82) is 0 Å². The first kappa shape index (κ1) is 19.4. The first-order chi connectivity index (χ1) is 16.2. The molecule has 2 aromatic carbocycles. The van der Waals surface area contributed by atoms with E-state index in [1.165, 1.54) is 0 Å². The van der Waals surface area contributed by atoms with Crippen LogP contribution in [-0.2, 0) is 11.3 Å². The molecular weight excluding hydrogens is 424 g/mol. The van der Waals surface area contributed by atoms with Crippen molar-refractivity contribution >= 4 is 11.6 Å². The second-order valence-corrected chi connectivity index (χ2v) is 7.88. The van der Waals surface area contributed by atoms with Gasteiger partial charge in [0, 0.05) is 11.8 Å². The number of aromatic nitrogens is 3. The molecule has 4 aromatic rings. The van der Waals surface area contributed by atoms with Gasteiger partial charge in [-0.1, -0.05) is 11.2 Å². The van der Waals surface area contributed by atoms with Crippen molar-refractivity contribution in [2.45, 2.75) is 13.5 Å². The lowest BCUT2D eigenvalue weighted by molar-refractivity contribution is -0.119. The number of hydrogen-bond donors (Lipinski definition) is 0. The van der Waals surface area contributed by atoms with Crippen LogP contribution in [0.2, 0.25) is 0 Å². The minimum atomic E-state index is -0.0434. The van der Waals surface area contributed by atoms with Gasteiger partial charge in [-0.3, -0.25) is 4.79 Å². The first-order valence-electron chi connectivity index (χ1n) is 10.6. The van der Waals surface area contributed by atoms with Crippen LogP contribution in [0.3, 0.4) is 0 Å². The average Bonchev–Trinajstić information content (AvgIpc) is 3.58. The van der Waals surface area contributed by atoms with Crippen LogP contribution in [-0.4, -0.2) is 40.6 Å². The number of nitrogens with zero attached hydrogens (tertiary/aromatic N) is 4. The van der Waals surface area contributed by atoms with Crippen LogP contribution < -0.4 is 19.1 Å². The zero-order chi connectivity index (χ0) is 22.4. The Morgan fingerprint density at radius 1 is 1.03 bits per heavy atom. The van der Waals surface area contributed by atoms with Gasteiger partial charge in [0.1, 0.15) is 24.6 Å². The predicted molar refractivity (Wildman–Crippen MR) is 118 cm³/mol. The van der Waals surface area contributed by atoms with E-state index in [9.17, 15) is 4.79 Å². The maximum absolute atomic E-state index is 13.2. The molecule has 0 bridgehead atoms. The van der Waals surface area contributed by atoms with Crippen LogP contribution in [0.4, 0.5) is 5.69 Å². The number of fused-ring (bicyclic) bond motifs is 2. The molecule has 0 N–H and O–H groups in total. The van der Waals surface area contributed by atoms with Crippen molar-refractivity contribution < 1.29 is 23.5 Å². The molecule has 0 saturated heterocycles.